The van der Waals surface area contributed by atoms with Crippen LogP contribution < -0.4 is 0 Å². The third-order valence-electron chi connectivity index (χ3n) is 10.6. The van der Waals surface area contributed by atoms with Crippen molar-refractivity contribution in [3.8, 4) is 0 Å². The first-order chi connectivity index (χ1) is 13.6. The molecule has 29 heavy (non-hydrogen) atoms. The highest BCUT2D eigenvalue weighted by Gasteiger charge is 2.62. The van der Waals surface area contributed by atoms with Crippen LogP contribution in [0, 0.1) is 52.3 Å². The lowest BCUT2D eigenvalue weighted by atomic mass is 9.43. The van der Waals surface area contributed by atoms with Crippen LogP contribution in [0.1, 0.15) is 85.5 Å². The number of aliphatic hydroxyl groups excluding tert-OH is 2. The number of hydrogen-bond acceptors (Lipinski definition) is 3. The molecule has 0 heterocycles. The maximum Gasteiger partial charge on any atom is 0.306 e. The second-order valence-corrected chi connectivity index (χ2v) is 11.9. The Morgan fingerprint density at radius 1 is 0.966 bits per heavy atom. The van der Waals surface area contributed by atoms with Crippen molar-refractivity contribution < 1.29 is 20.1 Å². The monoisotopic (exact) mass is 406 g/mol. The number of carboxylic acid groups (broad SMARTS) is 1. The van der Waals surface area contributed by atoms with Gasteiger partial charge in [-0.3, -0.25) is 4.79 Å². The van der Waals surface area contributed by atoms with E-state index in [2.05, 4.69) is 20.8 Å². The average Bonchev–Trinajstić information content (AvgIpc) is 3.00. The Morgan fingerprint density at radius 3 is 2.31 bits per heavy atom. The molecule has 0 saturated heterocycles. The minimum atomic E-state index is -0.679. The average molecular weight is 407 g/mol. The number of rotatable bonds is 4. The van der Waals surface area contributed by atoms with E-state index in [4.69, 9.17) is 0 Å². The predicted octanol–water partition coefficient (Wildman–Crippen LogP) is 4.72. The van der Waals surface area contributed by atoms with E-state index in [0.717, 1.165) is 32.1 Å². The Kier molecular flexibility index (Phi) is 5.60. The summed E-state index contributed by atoms with van der Waals surface area (Å²) >= 11 is 0. The van der Waals surface area contributed by atoms with Crippen molar-refractivity contribution in [3.63, 3.8) is 0 Å². The van der Waals surface area contributed by atoms with Gasteiger partial charge in [-0.2, -0.15) is 0 Å². The van der Waals surface area contributed by atoms with Gasteiger partial charge in [-0.25, -0.2) is 0 Å². The number of carbonyl (C=O) groups is 1. The summed E-state index contributed by atoms with van der Waals surface area (Å²) in [6, 6.07) is 0. The number of carboxylic acids is 1. The summed E-state index contributed by atoms with van der Waals surface area (Å²) in [5.74, 6) is 2.02. The van der Waals surface area contributed by atoms with Crippen molar-refractivity contribution in [1.29, 1.82) is 0 Å². The van der Waals surface area contributed by atoms with Crippen molar-refractivity contribution in [2.75, 3.05) is 0 Å². The van der Waals surface area contributed by atoms with E-state index in [0.29, 0.717) is 35.5 Å². The molecule has 4 unspecified atom stereocenters. The molecule has 0 aromatic carbocycles. The lowest BCUT2D eigenvalue weighted by Crippen LogP contribution is -2.58. The van der Waals surface area contributed by atoms with E-state index in [-0.39, 0.29) is 29.0 Å². The molecule has 0 amide bonds. The second kappa shape index (κ2) is 7.51. The fraction of sp³-hybridized carbons (Fsp3) is 0.960. The summed E-state index contributed by atoms with van der Waals surface area (Å²) < 4.78 is 0. The van der Waals surface area contributed by atoms with Gasteiger partial charge >= 0.3 is 5.97 Å². The first-order valence-electron chi connectivity index (χ1n) is 12.2. The van der Waals surface area contributed by atoms with E-state index in [9.17, 15) is 20.1 Å². The van der Waals surface area contributed by atoms with Crippen LogP contribution in [-0.4, -0.2) is 33.5 Å². The van der Waals surface area contributed by atoms with Gasteiger partial charge in [0.1, 0.15) is 0 Å². The molecule has 0 aromatic rings. The maximum atomic E-state index is 11.4. The van der Waals surface area contributed by atoms with Gasteiger partial charge in [-0.05, 0) is 104 Å². The van der Waals surface area contributed by atoms with Crippen LogP contribution in [0.15, 0.2) is 0 Å². The van der Waals surface area contributed by atoms with E-state index < -0.39 is 5.97 Å². The van der Waals surface area contributed by atoms with Crippen LogP contribution >= 0.6 is 0 Å². The van der Waals surface area contributed by atoms with Gasteiger partial charge in [0.05, 0.1) is 18.1 Å². The molecule has 4 aliphatic rings. The van der Waals surface area contributed by atoms with Crippen molar-refractivity contribution in [2.24, 2.45) is 52.3 Å². The Hall–Kier alpha value is -0.610. The highest BCUT2D eigenvalue weighted by Crippen LogP contribution is 2.68. The smallest absolute Gasteiger partial charge is 0.306 e. The van der Waals surface area contributed by atoms with Gasteiger partial charge in [-0.1, -0.05) is 27.7 Å². The van der Waals surface area contributed by atoms with Gasteiger partial charge in [-0.15, -0.1) is 0 Å². The van der Waals surface area contributed by atoms with Gasteiger partial charge in [0.15, 0.2) is 0 Å². The van der Waals surface area contributed by atoms with Gasteiger partial charge in [0, 0.05) is 0 Å². The third-order valence-corrected chi connectivity index (χ3v) is 10.6. The zero-order valence-corrected chi connectivity index (χ0v) is 18.8. The van der Waals surface area contributed by atoms with E-state index >= 15 is 0 Å². The first kappa shape index (κ1) is 21.6. The Labute approximate surface area is 176 Å². The summed E-state index contributed by atoms with van der Waals surface area (Å²) in [6.07, 6.45) is 8.87. The lowest BCUT2D eigenvalue weighted by molar-refractivity contribution is -0.174. The molecule has 0 radical (unpaired) electrons. The largest absolute Gasteiger partial charge is 0.481 e. The zero-order chi connectivity index (χ0) is 21.1. The zero-order valence-electron chi connectivity index (χ0n) is 18.8. The van der Waals surface area contributed by atoms with Crippen molar-refractivity contribution in [2.45, 2.75) is 97.7 Å². The summed E-state index contributed by atoms with van der Waals surface area (Å²) in [6.45, 7) is 9.02. The van der Waals surface area contributed by atoms with Crippen molar-refractivity contribution in [1.82, 2.24) is 0 Å². The molecule has 4 saturated carbocycles. The molecule has 4 rings (SSSR count). The SMILES string of the molecule is C[C@H](C[C@H](C)C(=O)O)C1CCC2C3C(CC[C@@]21C)[C@@]1(C)CC[C@@H](O)C[C@H]1C[C@H]3O. The number of fused-ring (bicyclic) bond motifs is 5. The van der Waals surface area contributed by atoms with Crippen molar-refractivity contribution in [3.05, 3.63) is 0 Å². The molecule has 4 fully saturated rings. The summed E-state index contributed by atoms with van der Waals surface area (Å²) in [4.78, 5) is 11.4. The highest BCUT2D eigenvalue weighted by molar-refractivity contribution is 5.69. The van der Waals surface area contributed by atoms with E-state index in [1.807, 2.05) is 6.92 Å². The van der Waals surface area contributed by atoms with E-state index in [1.165, 1.54) is 25.7 Å². The van der Waals surface area contributed by atoms with Gasteiger partial charge in [0.25, 0.3) is 0 Å². The normalized spacial score (nSPS) is 51.4. The lowest BCUT2D eigenvalue weighted by Gasteiger charge is -2.62. The number of aliphatic carboxylic acids is 1. The standard InChI is InChI=1S/C25H42O4/c1-14(11-15(2)23(28)29)18-5-6-19-22-20(8-10-25(18,19)4)24(3)9-7-17(26)12-16(24)13-21(22)27/h14-22,26-27H,5-13H2,1-4H3,(H,28,29)/t14-,15+,16+,17-,18?,19?,20?,21-,22?,24+,25-/m1/s1. The fourth-order valence-electron chi connectivity index (χ4n) is 9.00. The van der Waals surface area contributed by atoms with Crippen LogP contribution in [0.25, 0.3) is 0 Å². The van der Waals surface area contributed by atoms with Crippen molar-refractivity contribution >= 4 is 5.97 Å². The topological polar surface area (TPSA) is 77.8 Å². The molecule has 11 atom stereocenters. The molecule has 0 aliphatic heterocycles. The second-order valence-electron chi connectivity index (χ2n) is 11.9. The van der Waals surface area contributed by atoms with Gasteiger partial charge in [0.2, 0.25) is 0 Å². The fourth-order valence-corrected chi connectivity index (χ4v) is 9.00. The van der Waals surface area contributed by atoms with Crippen LogP contribution in [0.3, 0.4) is 0 Å². The quantitative estimate of drug-likeness (QED) is 0.631. The van der Waals surface area contributed by atoms with Crippen LogP contribution in [0.4, 0.5) is 0 Å². The summed E-state index contributed by atoms with van der Waals surface area (Å²) in [7, 11) is 0. The molecule has 4 heteroatoms. The predicted molar refractivity (Wildman–Crippen MR) is 113 cm³/mol. The maximum absolute atomic E-state index is 11.4. The minimum Gasteiger partial charge on any atom is -0.481 e. The Morgan fingerprint density at radius 2 is 1.62 bits per heavy atom. The molecule has 4 aliphatic carbocycles. The molecular formula is C25H42O4. The Balaban J connectivity index is 1.56. The molecule has 166 valence electrons. The van der Waals surface area contributed by atoms with Crippen LogP contribution in [-0.2, 0) is 4.79 Å². The molecule has 0 aromatic heterocycles. The molecule has 0 bridgehead atoms. The van der Waals surface area contributed by atoms with Gasteiger partial charge < -0.3 is 15.3 Å². The number of hydrogen-bond donors (Lipinski definition) is 3. The summed E-state index contributed by atoms with van der Waals surface area (Å²) in [5, 5.41) is 30.9. The third kappa shape index (κ3) is 3.37. The highest BCUT2D eigenvalue weighted by atomic mass is 16.4. The Bertz CT molecular complexity index is 634. The van der Waals surface area contributed by atoms with E-state index in [1.54, 1.807) is 0 Å². The molecule has 0 spiro atoms. The molecule has 4 nitrogen and oxygen atoms in total. The van der Waals surface area contributed by atoms with Crippen LogP contribution in [0.2, 0.25) is 0 Å². The first-order valence-corrected chi connectivity index (χ1v) is 12.2. The molecule has 3 N–H and O–H groups in total. The number of aliphatic hydroxyl groups is 2. The molecular weight excluding hydrogens is 364 g/mol. The summed E-state index contributed by atoms with van der Waals surface area (Å²) in [5.41, 5.74) is 0.503. The van der Waals surface area contributed by atoms with Crippen LogP contribution in [0.5, 0.6) is 0 Å². The minimum absolute atomic E-state index is 0.182.